The van der Waals surface area contributed by atoms with E-state index in [0.717, 1.165) is 22.5 Å². The number of rotatable bonds is 8. The molecular weight excluding hydrogens is 623 g/mol. The van der Waals surface area contributed by atoms with Gasteiger partial charge in [-0.3, -0.25) is 14.5 Å². The number of aromatic nitrogens is 7. The number of fused-ring (bicyclic) bond motifs is 1. The van der Waals surface area contributed by atoms with Crippen LogP contribution in [0.4, 0.5) is 29.0 Å². The first-order valence-corrected chi connectivity index (χ1v) is 16.0. The van der Waals surface area contributed by atoms with Crippen molar-refractivity contribution in [2.45, 2.75) is 0 Å². The summed E-state index contributed by atoms with van der Waals surface area (Å²) in [6.45, 7) is 6.55. The summed E-state index contributed by atoms with van der Waals surface area (Å²) < 4.78 is 14.1. The van der Waals surface area contributed by atoms with E-state index in [4.69, 9.17) is 9.26 Å². The summed E-state index contributed by atoms with van der Waals surface area (Å²) in [7, 11) is 1.12. The highest BCUT2D eigenvalue weighted by Gasteiger charge is 2.21. The molecule has 0 amide bonds. The van der Waals surface area contributed by atoms with Crippen LogP contribution in [-0.4, -0.2) is 74.3 Å². The van der Waals surface area contributed by atoms with Crippen LogP contribution < -0.4 is 25.6 Å². The highest BCUT2D eigenvalue weighted by Crippen LogP contribution is 2.41. The molecule has 1 aromatic carbocycles. The van der Waals surface area contributed by atoms with E-state index in [9.17, 15) is 4.79 Å². The molecule has 1 fully saturated rings. The van der Waals surface area contributed by atoms with E-state index in [-0.39, 0.29) is 11.5 Å². The van der Waals surface area contributed by atoms with Gasteiger partial charge in [0.1, 0.15) is 22.8 Å². The van der Waals surface area contributed by atoms with Crippen LogP contribution in [0.25, 0.3) is 22.2 Å². The van der Waals surface area contributed by atoms with E-state index < -0.39 is 8.15 Å². The van der Waals surface area contributed by atoms with Crippen molar-refractivity contribution in [2.24, 2.45) is 7.05 Å². The second-order valence-corrected chi connectivity index (χ2v) is 12.3. The molecule has 6 rings (SSSR count). The van der Waals surface area contributed by atoms with Gasteiger partial charge in [0, 0.05) is 56.1 Å². The predicted molar refractivity (Wildman–Crippen MR) is 168 cm³/mol. The summed E-state index contributed by atoms with van der Waals surface area (Å²) in [6.07, 6.45) is 8.58. The van der Waals surface area contributed by atoms with Crippen LogP contribution >= 0.6 is 24.1 Å². The zero-order valence-electron chi connectivity index (χ0n) is 23.1. The number of aryl methyl sites for hydroxylation is 1. The Balaban J connectivity index is 1.34. The summed E-state index contributed by atoms with van der Waals surface area (Å²) in [5.74, 6) is 2.03. The predicted octanol–water partition coefficient (Wildman–Crippen LogP) is 4.63. The molecule has 15 heteroatoms. The van der Waals surface area contributed by atoms with Crippen LogP contribution in [0, 0.1) is 0 Å². The van der Waals surface area contributed by atoms with E-state index in [2.05, 4.69) is 61.5 Å². The Morgan fingerprint density at radius 1 is 1.07 bits per heavy atom. The third kappa shape index (κ3) is 5.91. The van der Waals surface area contributed by atoms with Crippen LogP contribution in [-0.2, 0) is 11.8 Å². The van der Waals surface area contributed by atoms with Crippen molar-refractivity contribution in [2.75, 3.05) is 55.2 Å². The number of anilines is 5. The van der Waals surface area contributed by atoms with E-state index in [1.807, 2.05) is 38.7 Å². The molecule has 1 saturated heterocycles. The fourth-order valence-electron chi connectivity index (χ4n) is 4.58. The van der Waals surface area contributed by atoms with E-state index in [1.165, 1.54) is 0 Å². The number of nitrogens with zero attached hydrogens (tertiary/aromatic N) is 7. The number of ether oxygens (including phenoxy) is 1. The number of morpholine rings is 1. The van der Waals surface area contributed by atoms with Gasteiger partial charge in [0.2, 0.25) is 5.95 Å². The first-order chi connectivity index (χ1) is 20.4. The molecule has 5 aromatic rings. The third-order valence-electron chi connectivity index (χ3n) is 6.48. The Morgan fingerprint density at radius 3 is 2.64 bits per heavy atom. The second kappa shape index (κ2) is 12.0. The SMILES string of the molecule is Cn1cc(-c2cc(Nc3ncc(Br)c(Nc4ccc5nccnc5c4OP(C)C)n3)c(=O)[nH]c2N2CCOCC2)cn1. The Labute approximate surface area is 250 Å². The smallest absolute Gasteiger partial charge is 0.273 e. The van der Waals surface area contributed by atoms with Gasteiger partial charge in [-0.25, -0.2) is 9.97 Å². The number of nitrogens with one attached hydrogen (secondary N) is 3. The topological polar surface area (TPSA) is 148 Å². The van der Waals surface area contributed by atoms with Gasteiger partial charge in [-0.05, 0) is 47.5 Å². The molecule has 42 heavy (non-hydrogen) atoms. The van der Waals surface area contributed by atoms with E-state index in [1.54, 1.807) is 35.5 Å². The van der Waals surface area contributed by atoms with Crippen molar-refractivity contribution in [3.8, 4) is 16.9 Å². The Morgan fingerprint density at radius 2 is 1.88 bits per heavy atom. The Kier molecular flexibility index (Phi) is 8.00. The molecule has 0 spiro atoms. The van der Waals surface area contributed by atoms with Gasteiger partial charge in [0.15, 0.2) is 5.75 Å². The average molecular weight is 651 g/mol. The van der Waals surface area contributed by atoms with Gasteiger partial charge < -0.3 is 29.8 Å². The Hall–Kier alpha value is -4.13. The molecular formula is C27H28BrN10O3P. The molecule has 3 N–H and O–H groups in total. The molecule has 13 nitrogen and oxygen atoms in total. The van der Waals surface area contributed by atoms with Crippen molar-refractivity contribution in [1.29, 1.82) is 0 Å². The minimum atomic E-state index is -0.740. The molecule has 216 valence electrons. The fourth-order valence-corrected chi connectivity index (χ4v) is 5.42. The number of H-pyrrole nitrogens is 1. The number of pyridine rings is 1. The normalized spacial score (nSPS) is 13.5. The van der Waals surface area contributed by atoms with Gasteiger partial charge in [-0.2, -0.15) is 10.1 Å². The molecule has 0 unspecified atom stereocenters. The molecule has 1 aliphatic heterocycles. The summed E-state index contributed by atoms with van der Waals surface area (Å²) in [6, 6.07) is 5.55. The lowest BCUT2D eigenvalue weighted by Crippen LogP contribution is -2.38. The Bertz CT molecular complexity index is 1810. The van der Waals surface area contributed by atoms with Gasteiger partial charge in [0.05, 0.1) is 43.2 Å². The lowest BCUT2D eigenvalue weighted by molar-refractivity contribution is 0.122. The number of hydrogen-bond donors (Lipinski definition) is 3. The third-order valence-corrected chi connectivity index (χ3v) is 7.60. The highest BCUT2D eigenvalue weighted by atomic mass is 79.9. The zero-order valence-corrected chi connectivity index (χ0v) is 25.6. The number of halogens is 1. The highest BCUT2D eigenvalue weighted by molar-refractivity contribution is 9.10. The van der Waals surface area contributed by atoms with Crippen molar-refractivity contribution in [1.82, 2.24) is 34.7 Å². The van der Waals surface area contributed by atoms with Crippen molar-refractivity contribution in [3.05, 3.63) is 64.0 Å². The van der Waals surface area contributed by atoms with Gasteiger partial charge in [-0.1, -0.05) is 0 Å². The van der Waals surface area contributed by atoms with Crippen LogP contribution in [0.2, 0.25) is 0 Å². The van der Waals surface area contributed by atoms with Gasteiger partial charge >= 0.3 is 0 Å². The van der Waals surface area contributed by atoms with Crippen LogP contribution in [0.3, 0.4) is 0 Å². The van der Waals surface area contributed by atoms with Gasteiger partial charge in [-0.15, -0.1) is 0 Å². The molecule has 0 bridgehead atoms. The van der Waals surface area contributed by atoms with E-state index >= 15 is 0 Å². The zero-order chi connectivity index (χ0) is 29.2. The largest absolute Gasteiger partial charge is 0.470 e. The minimum Gasteiger partial charge on any atom is -0.470 e. The first kappa shape index (κ1) is 28.0. The molecule has 0 atom stereocenters. The quantitative estimate of drug-likeness (QED) is 0.202. The molecule has 0 radical (unpaired) electrons. The average Bonchev–Trinajstić information content (AvgIpc) is 3.43. The van der Waals surface area contributed by atoms with Crippen molar-refractivity contribution >= 4 is 64.1 Å². The lowest BCUT2D eigenvalue weighted by Gasteiger charge is -2.30. The summed E-state index contributed by atoms with van der Waals surface area (Å²) >= 11 is 3.54. The standard InChI is InChI=1S/C27H28BrN10O3P/c1-37-15-16(13-32-37)17-12-21(26(39)36-25(17)38-8-10-40-11-9-38)34-27-31-14-18(28)24(35-27)33-20-5-4-19-22(30-7-6-29-19)23(20)41-42(2)3/h4-7,12-15H,8-11H2,1-3H3,(H,36,39)(H2,31,33,34,35). The lowest BCUT2D eigenvalue weighted by atomic mass is 10.1. The van der Waals surface area contributed by atoms with E-state index in [0.29, 0.717) is 59.2 Å². The maximum Gasteiger partial charge on any atom is 0.273 e. The molecule has 0 saturated carbocycles. The minimum absolute atomic E-state index is 0.235. The first-order valence-electron chi connectivity index (χ1n) is 13.1. The second-order valence-electron chi connectivity index (χ2n) is 9.69. The number of aromatic amines is 1. The fraction of sp³-hybridized carbons (Fsp3) is 0.259. The summed E-state index contributed by atoms with van der Waals surface area (Å²) in [4.78, 5) is 36.4. The van der Waals surface area contributed by atoms with Crippen LogP contribution in [0.15, 0.2) is 58.5 Å². The van der Waals surface area contributed by atoms with Crippen molar-refractivity contribution < 1.29 is 9.26 Å². The van der Waals surface area contributed by atoms with Crippen LogP contribution in [0.5, 0.6) is 5.75 Å². The molecule has 5 heterocycles. The number of hydrogen-bond acceptors (Lipinski definition) is 11. The summed E-state index contributed by atoms with van der Waals surface area (Å²) in [5.41, 5.74) is 3.75. The maximum absolute atomic E-state index is 13.3. The van der Waals surface area contributed by atoms with Crippen molar-refractivity contribution in [3.63, 3.8) is 0 Å². The van der Waals surface area contributed by atoms with Crippen LogP contribution in [0.1, 0.15) is 0 Å². The number of benzene rings is 1. The monoisotopic (exact) mass is 650 g/mol. The van der Waals surface area contributed by atoms with Gasteiger partial charge in [0.25, 0.3) is 5.56 Å². The summed E-state index contributed by atoms with van der Waals surface area (Å²) in [5, 5.41) is 10.8. The maximum atomic E-state index is 13.3. The molecule has 4 aromatic heterocycles. The molecule has 0 aliphatic carbocycles. The molecule has 1 aliphatic rings.